The zero-order valence-corrected chi connectivity index (χ0v) is 14.4. The molecule has 0 atom stereocenters. The van der Waals surface area contributed by atoms with Crippen molar-refractivity contribution in [1.29, 1.82) is 0 Å². The van der Waals surface area contributed by atoms with Crippen molar-refractivity contribution in [2.45, 2.75) is 6.92 Å². The maximum Gasteiger partial charge on any atom is 0.257 e. The molecule has 7 heteroatoms. The number of hydrogen-bond donors (Lipinski definition) is 4. The molecule has 0 unspecified atom stereocenters. The molecule has 0 saturated heterocycles. The van der Waals surface area contributed by atoms with Gasteiger partial charge in [-0.2, -0.15) is 0 Å². The number of nitrogens with one attached hydrogen (secondary N) is 4. The molecule has 0 radical (unpaired) electrons. The quantitative estimate of drug-likeness (QED) is 0.493. The second-order valence-electron chi connectivity index (χ2n) is 5.05. The van der Waals surface area contributed by atoms with E-state index in [1.165, 1.54) is 0 Å². The molecule has 0 aromatic heterocycles. The first-order valence-electron chi connectivity index (χ1n) is 7.38. The lowest BCUT2D eigenvalue weighted by atomic mass is 10.2. The first-order chi connectivity index (χ1) is 11.6. The summed E-state index contributed by atoms with van der Waals surface area (Å²) in [5.74, 6) is 0.421. The fraction of sp³-hybridized carbons (Fsp3) is 0.176. The van der Waals surface area contributed by atoms with Crippen LogP contribution in [-0.4, -0.2) is 24.7 Å². The lowest BCUT2D eigenvalue weighted by Gasteiger charge is -2.13. The van der Waals surface area contributed by atoms with E-state index in [4.69, 9.17) is 17.0 Å². The van der Waals surface area contributed by atoms with Crippen molar-refractivity contribution in [3.8, 4) is 5.75 Å². The molecule has 4 N–H and O–H groups in total. The number of hydrazine groups is 1. The van der Waals surface area contributed by atoms with Gasteiger partial charge in [0.25, 0.3) is 5.91 Å². The van der Waals surface area contributed by atoms with Crippen LogP contribution >= 0.6 is 12.2 Å². The second kappa shape index (κ2) is 8.73. The van der Waals surface area contributed by atoms with Gasteiger partial charge in [0.15, 0.2) is 5.11 Å². The number of aryl methyl sites for hydroxylation is 1. The van der Waals surface area contributed by atoms with Crippen molar-refractivity contribution in [3.63, 3.8) is 0 Å². The number of carbonyl (C=O) groups is 1. The molecule has 0 aliphatic carbocycles. The largest absolute Gasteiger partial charge is 0.495 e. The average molecular weight is 344 g/mol. The number of para-hydroxylation sites is 2. The van der Waals surface area contributed by atoms with Crippen LogP contribution in [0.25, 0.3) is 0 Å². The Morgan fingerprint density at radius 1 is 1.12 bits per heavy atom. The van der Waals surface area contributed by atoms with Crippen molar-refractivity contribution >= 4 is 34.6 Å². The highest BCUT2D eigenvalue weighted by Crippen LogP contribution is 2.22. The topological polar surface area (TPSA) is 74.4 Å². The maximum atomic E-state index is 11.9. The Bertz CT molecular complexity index is 721. The van der Waals surface area contributed by atoms with E-state index < -0.39 is 0 Å². The highest BCUT2D eigenvalue weighted by atomic mass is 32.1. The molecule has 2 aromatic carbocycles. The summed E-state index contributed by atoms with van der Waals surface area (Å²) in [5, 5.41) is 6.31. The highest BCUT2D eigenvalue weighted by Gasteiger charge is 2.05. The summed E-state index contributed by atoms with van der Waals surface area (Å²) >= 11 is 5.14. The van der Waals surface area contributed by atoms with Crippen molar-refractivity contribution in [2.24, 2.45) is 0 Å². The SMILES string of the molecule is COc1ccccc1NCC(=O)NNC(=S)Nc1cccc(C)c1. The number of carbonyl (C=O) groups excluding carboxylic acids is 1. The zero-order chi connectivity index (χ0) is 17.4. The minimum Gasteiger partial charge on any atom is -0.495 e. The van der Waals surface area contributed by atoms with E-state index in [0.717, 1.165) is 16.9 Å². The molecule has 0 saturated carbocycles. The maximum absolute atomic E-state index is 11.9. The van der Waals surface area contributed by atoms with Crippen LogP contribution in [0.5, 0.6) is 5.75 Å². The molecular weight excluding hydrogens is 324 g/mol. The van der Waals surface area contributed by atoms with Gasteiger partial charge in [-0.05, 0) is 49.0 Å². The predicted molar refractivity (Wildman–Crippen MR) is 100 cm³/mol. The summed E-state index contributed by atoms with van der Waals surface area (Å²) < 4.78 is 5.21. The molecule has 24 heavy (non-hydrogen) atoms. The van der Waals surface area contributed by atoms with Gasteiger partial charge in [-0.15, -0.1) is 0 Å². The van der Waals surface area contributed by atoms with Crippen molar-refractivity contribution in [1.82, 2.24) is 10.9 Å². The molecule has 0 aliphatic heterocycles. The van der Waals surface area contributed by atoms with E-state index in [2.05, 4.69) is 21.5 Å². The smallest absolute Gasteiger partial charge is 0.257 e. The molecule has 0 spiro atoms. The van der Waals surface area contributed by atoms with E-state index in [-0.39, 0.29) is 12.5 Å². The van der Waals surface area contributed by atoms with E-state index in [1.807, 2.05) is 55.5 Å². The summed E-state index contributed by atoms with van der Waals surface area (Å²) in [6, 6.07) is 15.2. The molecular formula is C17H20N4O2S. The van der Waals surface area contributed by atoms with Gasteiger partial charge in [-0.25, -0.2) is 0 Å². The fourth-order valence-electron chi connectivity index (χ4n) is 2.02. The van der Waals surface area contributed by atoms with Gasteiger partial charge in [0.2, 0.25) is 0 Å². The highest BCUT2D eigenvalue weighted by molar-refractivity contribution is 7.80. The number of anilines is 2. The molecule has 0 fully saturated rings. The Morgan fingerprint density at radius 3 is 2.67 bits per heavy atom. The molecule has 6 nitrogen and oxygen atoms in total. The Morgan fingerprint density at radius 2 is 1.92 bits per heavy atom. The third-order valence-electron chi connectivity index (χ3n) is 3.14. The molecule has 126 valence electrons. The third-order valence-corrected chi connectivity index (χ3v) is 3.34. The van der Waals surface area contributed by atoms with Gasteiger partial charge >= 0.3 is 0 Å². The van der Waals surface area contributed by atoms with Crippen LogP contribution in [-0.2, 0) is 4.79 Å². The van der Waals surface area contributed by atoms with Gasteiger partial charge < -0.3 is 15.4 Å². The zero-order valence-electron chi connectivity index (χ0n) is 13.6. The molecule has 0 aliphatic rings. The Hall–Kier alpha value is -2.80. The van der Waals surface area contributed by atoms with Crippen LogP contribution in [0.3, 0.4) is 0 Å². The molecule has 1 amide bonds. The van der Waals surface area contributed by atoms with Gasteiger partial charge in [0.1, 0.15) is 5.75 Å². The number of ether oxygens (including phenoxy) is 1. The van der Waals surface area contributed by atoms with E-state index in [9.17, 15) is 4.79 Å². The first kappa shape index (κ1) is 17.6. The monoisotopic (exact) mass is 344 g/mol. The minimum absolute atomic E-state index is 0.0838. The second-order valence-corrected chi connectivity index (χ2v) is 5.46. The number of hydrogen-bond acceptors (Lipinski definition) is 4. The summed E-state index contributed by atoms with van der Waals surface area (Å²) in [5.41, 5.74) is 7.91. The van der Waals surface area contributed by atoms with Crippen LogP contribution in [0.15, 0.2) is 48.5 Å². The standard InChI is InChI=1S/C17H20N4O2S/c1-12-6-5-7-13(10-12)19-17(24)21-20-16(22)11-18-14-8-3-4-9-15(14)23-2/h3-10,18H,11H2,1-2H3,(H,20,22)(H2,19,21,24). The van der Waals surface area contributed by atoms with Gasteiger partial charge in [-0.1, -0.05) is 24.3 Å². The molecule has 2 aromatic rings. The summed E-state index contributed by atoms with van der Waals surface area (Å²) in [7, 11) is 1.58. The normalized spacial score (nSPS) is 9.75. The molecule has 0 heterocycles. The number of methoxy groups -OCH3 is 1. The summed E-state index contributed by atoms with van der Waals surface area (Å²) in [4.78, 5) is 11.9. The van der Waals surface area contributed by atoms with Crippen molar-refractivity contribution in [3.05, 3.63) is 54.1 Å². The van der Waals surface area contributed by atoms with Gasteiger partial charge in [-0.3, -0.25) is 15.6 Å². The fourth-order valence-corrected chi connectivity index (χ4v) is 2.19. The van der Waals surface area contributed by atoms with Crippen LogP contribution in [0.2, 0.25) is 0 Å². The number of rotatable bonds is 5. The Kier molecular flexibility index (Phi) is 6.39. The van der Waals surface area contributed by atoms with Crippen LogP contribution < -0.4 is 26.2 Å². The number of amides is 1. The van der Waals surface area contributed by atoms with Crippen molar-refractivity contribution in [2.75, 3.05) is 24.3 Å². The lowest BCUT2D eigenvalue weighted by Crippen LogP contribution is -2.45. The number of thiocarbonyl (C=S) groups is 1. The summed E-state index contributed by atoms with van der Waals surface area (Å²) in [6.07, 6.45) is 0. The summed E-state index contributed by atoms with van der Waals surface area (Å²) in [6.45, 7) is 2.08. The Labute approximate surface area is 146 Å². The van der Waals surface area contributed by atoms with Crippen molar-refractivity contribution < 1.29 is 9.53 Å². The molecule has 2 rings (SSSR count). The predicted octanol–water partition coefficient (Wildman–Crippen LogP) is 2.43. The lowest BCUT2D eigenvalue weighted by molar-refractivity contribution is -0.119. The van der Waals surface area contributed by atoms with Crippen LogP contribution in [0.1, 0.15) is 5.56 Å². The van der Waals surface area contributed by atoms with Crippen LogP contribution in [0.4, 0.5) is 11.4 Å². The van der Waals surface area contributed by atoms with Gasteiger partial charge in [0.05, 0.1) is 19.3 Å². The van der Waals surface area contributed by atoms with E-state index in [0.29, 0.717) is 10.9 Å². The minimum atomic E-state index is -0.255. The number of benzene rings is 2. The molecule has 0 bridgehead atoms. The first-order valence-corrected chi connectivity index (χ1v) is 7.78. The van der Waals surface area contributed by atoms with Crippen LogP contribution in [0, 0.1) is 6.92 Å². The third kappa shape index (κ3) is 5.44. The van der Waals surface area contributed by atoms with E-state index >= 15 is 0 Å². The average Bonchev–Trinajstić information content (AvgIpc) is 2.58. The van der Waals surface area contributed by atoms with Gasteiger partial charge in [0, 0.05) is 5.69 Å². The van der Waals surface area contributed by atoms with E-state index in [1.54, 1.807) is 7.11 Å². The Balaban J connectivity index is 1.75.